The summed E-state index contributed by atoms with van der Waals surface area (Å²) in [5.74, 6) is -3.09. The van der Waals surface area contributed by atoms with E-state index in [1.54, 1.807) is 0 Å². The standard InChI is InChI=1S/2C6H7N.C4H4O4/c2*7-6-4-2-1-3-5-6;5-3(6)1-2-4(7)8/h2*1-5H,7H2;1-2H,(H,5,6)(H,7,8). The largest absolute Gasteiger partial charge is 0.545 e. The molecule has 0 aliphatic carbocycles. The molecule has 0 amide bonds. The van der Waals surface area contributed by atoms with Gasteiger partial charge in [0, 0.05) is 0 Å². The molecule has 0 atom stereocenters. The van der Waals surface area contributed by atoms with E-state index in [9.17, 15) is 19.8 Å². The van der Waals surface area contributed by atoms with Crippen molar-refractivity contribution in [3.05, 3.63) is 72.8 Å². The first-order valence-corrected chi connectivity index (χ1v) is 6.26. The fraction of sp³-hybridized carbons (Fsp3) is 0. The molecule has 0 aromatic heterocycles. The van der Waals surface area contributed by atoms with Crippen LogP contribution in [0.4, 0.5) is 11.4 Å². The van der Waals surface area contributed by atoms with Crippen molar-refractivity contribution in [3.8, 4) is 0 Å². The molecule has 22 heavy (non-hydrogen) atoms. The van der Waals surface area contributed by atoms with Crippen molar-refractivity contribution in [2.45, 2.75) is 0 Å². The molecule has 6 nitrogen and oxygen atoms in total. The Kier molecular flexibility index (Phi) is 10.2. The Labute approximate surface area is 128 Å². The maximum atomic E-state index is 9.41. The smallest absolute Gasteiger partial charge is 0.127 e. The van der Waals surface area contributed by atoms with Crippen LogP contribution in [0.15, 0.2) is 72.8 Å². The van der Waals surface area contributed by atoms with Gasteiger partial charge in [-0.3, -0.25) is 0 Å². The Balaban J connectivity index is 0.000000301. The maximum absolute atomic E-state index is 9.41. The number of rotatable bonds is 2. The normalized spacial score (nSPS) is 9.00. The van der Waals surface area contributed by atoms with Crippen LogP contribution in [0, 0.1) is 0 Å². The number of carboxylic acids is 2. The molecule has 0 fully saturated rings. The van der Waals surface area contributed by atoms with E-state index in [2.05, 4.69) is 11.5 Å². The molecule has 0 saturated carbocycles. The first-order chi connectivity index (χ1) is 10.4. The van der Waals surface area contributed by atoms with E-state index in [0.717, 1.165) is 11.4 Å². The van der Waals surface area contributed by atoms with Crippen LogP contribution in [0.5, 0.6) is 0 Å². The van der Waals surface area contributed by atoms with E-state index in [1.165, 1.54) is 0 Å². The van der Waals surface area contributed by atoms with Gasteiger partial charge in [-0.05, 0) is 36.4 Å². The lowest BCUT2D eigenvalue weighted by atomic mass is 10.3. The summed E-state index contributed by atoms with van der Waals surface area (Å²) in [5, 5.41) is 18.8. The van der Waals surface area contributed by atoms with Gasteiger partial charge in [0.15, 0.2) is 0 Å². The molecule has 6 N–H and O–H groups in total. The van der Waals surface area contributed by atoms with Crippen LogP contribution in [-0.4, -0.2) is 11.9 Å². The molecule has 116 valence electrons. The molecule has 2 aromatic carbocycles. The number of carbonyl (C=O) groups excluding carboxylic acids is 2. The Morgan fingerprint density at radius 3 is 1.09 bits per heavy atom. The van der Waals surface area contributed by atoms with Gasteiger partial charge in [-0.1, -0.05) is 36.4 Å². The van der Waals surface area contributed by atoms with Crippen LogP contribution in [0.2, 0.25) is 0 Å². The number of carboxylic acid groups (broad SMARTS) is 2. The average molecular weight is 302 g/mol. The first-order valence-electron chi connectivity index (χ1n) is 6.26. The van der Waals surface area contributed by atoms with Gasteiger partial charge in [0.2, 0.25) is 0 Å². The van der Waals surface area contributed by atoms with Crippen LogP contribution in [0.25, 0.3) is 0 Å². The number of hydrogen-bond acceptors (Lipinski definition) is 4. The predicted molar refractivity (Wildman–Crippen MR) is 77.1 cm³/mol. The molecule has 0 aliphatic heterocycles. The molecule has 0 unspecified atom stereocenters. The molecule has 0 saturated heterocycles. The van der Waals surface area contributed by atoms with Crippen LogP contribution >= 0.6 is 0 Å². The second-order valence-electron chi connectivity index (χ2n) is 3.94. The lowest BCUT2D eigenvalue weighted by molar-refractivity contribution is -0.301. The van der Waals surface area contributed by atoms with Crippen molar-refractivity contribution in [1.29, 1.82) is 0 Å². The van der Waals surface area contributed by atoms with E-state index in [1.807, 2.05) is 60.7 Å². The Hall–Kier alpha value is -2.96. The van der Waals surface area contributed by atoms with Gasteiger partial charge in [-0.15, -0.1) is 0 Å². The fourth-order valence-electron chi connectivity index (χ4n) is 1.09. The minimum absolute atomic E-state index is 0.384. The zero-order chi connectivity index (χ0) is 16.8. The molecule has 0 bridgehead atoms. The Morgan fingerprint density at radius 2 is 0.955 bits per heavy atom. The highest BCUT2D eigenvalue weighted by atomic mass is 16.4. The second-order valence-corrected chi connectivity index (χ2v) is 3.94. The number of aliphatic carboxylic acids is 2. The molecule has 2 aromatic rings. The van der Waals surface area contributed by atoms with Gasteiger partial charge in [0.25, 0.3) is 0 Å². The molecule has 0 aliphatic rings. The van der Waals surface area contributed by atoms with Gasteiger partial charge < -0.3 is 31.3 Å². The SMILES string of the molecule is O=C([O-])C=CC(=O)[O-].[NH3+]c1ccccc1.[NH3+]c1ccccc1. The molecule has 2 rings (SSSR count). The van der Waals surface area contributed by atoms with E-state index in [0.29, 0.717) is 12.2 Å². The van der Waals surface area contributed by atoms with Crippen molar-refractivity contribution in [3.63, 3.8) is 0 Å². The fourth-order valence-corrected chi connectivity index (χ4v) is 1.09. The highest BCUT2D eigenvalue weighted by molar-refractivity contribution is 5.87. The topological polar surface area (TPSA) is 136 Å². The van der Waals surface area contributed by atoms with Crippen molar-refractivity contribution < 1.29 is 31.3 Å². The summed E-state index contributed by atoms with van der Waals surface area (Å²) >= 11 is 0. The summed E-state index contributed by atoms with van der Waals surface area (Å²) in [7, 11) is 0. The highest BCUT2D eigenvalue weighted by Gasteiger charge is 1.77. The van der Waals surface area contributed by atoms with Gasteiger partial charge in [0.05, 0.1) is 11.9 Å². The van der Waals surface area contributed by atoms with E-state index < -0.39 is 11.9 Å². The van der Waals surface area contributed by atoms with Crippen molar-refractivity contribution in [2.24, 2.45) is 0 Å². The van der Waals surface area contributed by atoms with Gasteiger partial charge in [0.1, 0.15) is 11.4 Å². The lowest BCUT2D eigenvalue weighted by Crippen LogP contribution is -2.39. The van der Waals surface area contributed by atoms with Gasteiger partial charge >= 0.3 is 0 Å². The van der Waals surface area contributed by atoms with Gasteiger partial charge in [-0.25, -0.2) is 0 Å². The highest BCUT2D eigenvalue weighted by Crippen LogP contribution is 1.93. The minimum atomic E-state index is -1.55. The summed E-state index contributed by atoms with van der Waals surface area (Å²) in [4.78, 5) is 18.8. The van der Waals surface area contributed by atoms with E-state index in [4.69, 9.17) is 0 Å². The zero-order valence-electron chi connectivity index (χ0n) is 12.0. The van der Waals surface area contributed by atoms with Crippen LogP contribution in [0.3, 0.4) is 0 Å². The zero-order valence-corrected chi connectivity index (χ0v) is 12.0. The van der Waals surface area contributed by atoms with Crippen LogP contribution in [-0.2, 0) is 9.59 Å². The number of quaternary nitrogens is 2. The quantitative estimate of drug-likeness (QED) is 0.630. The summed E-state index contributed by atoms with van der Waals surface area (Å²) in [6, 6.07) is 19.7. The summed E-state index contributed by atoms with van der Waals surface area (Å²) in [6.45, 7) is 0. The number of hydrogen-bond donors (Lipinski definition) is 2. The van der Waals surface area contributed by atoms with E-state index in [-0.39, 0.29) is 0 Å². The molecular formula is C16H18N2O4. The maximum Gasteiger partial charge on any atom is 0.127 e. The lowest BCUT2D eigenvalue weighted by Gasteiger charge is -1.90. The Morgan fingerprint density at radius 1 is 0.682 bits per heavy atom. The molecular weight excluding hydrogens is 284 g/mol. The molecule has 6 heteroatoms. The summed E-state index contributed by atoms with van der Waals surface area (Å²) in [6.07, 6.45) is 0.769. The molecule has 0 spiro atoms. The third-order valence-electron chi connectivity index (χ3n) is 2.04. The molecule has 0 heterocycles. The number of carbonyl (C=O) groups is 2. The van der Waals surface area contributed by atoms with E-state index >= 15 is 0 Å². The summed E-state index contributed by atoms with van der Waals surface area (Å²) < 4.78 is 0. The van der Waals surface area contributed by atoms with Crippen molar-refractivity contribution >= 4 is 23.3 Å². The Bertz CT molecular complexity index is 530. The third kappa shape index (κ3) is 13.5. The average Bonchev–Trinajstić information content (AvgIpc) is 2.48. The predicted octanol–water partition coefficient (Wildman–Crippen LogP) is -1.84. The van der Waals surface area contributed by atoms with Crippen molar-refractivity contribution in [2.75, 3.05) is 0 Å². The minimum Gasteiger partial charge on any atom is -0.545 e. The monoisotopic (exact) mass is 302 g/mol. The number of benzene rings is 2. The first kappa shape index (κ1) is 19.0. The second kappa shape index (κ2) is 11.8. The van der Waals surface area contributed by atoms with Gasteiger partial charge in [-0.2, -0.15) is 0 Å². The van der Waals surface area contributed by atoms with Crippen molar-refractivity contribution in [1.82, 2.24) is 0 Å². The summed E-state index contributed by atoms with van der Waals surface area (Å²) in [5.41, 5.74) is 9.58. The van der Waals surface area contributed by atoms with Crippen LogP contribution in [0.1, 0.15) is 0 Å². The third-order valence-corrected chi connectivity index (χ3v) is 2.04. The molecule has 0 radical (unpaired) electrons. The van der Waals surface area contributed by atoms with Crippen LogP contribution < -0.4 is 21.7 Å².